The first-order valence-corrected chi connectivity index (χ1v) is 21.7. The van der Waals surface area contributed by atoms with E-state index in [0.717, 1.165) is 43.6 Å². The summed E-state index contributed by atoms with van der Waals surface area (Å²) in [7, 11) is 1.61. The number of carbonyl (C=O) groups is 1. The Morgan fingerprint density at radius 3 is 2.41 bits per heavy atom. The van der Waals surface area contributed by atoms with Crippen molar-refractivity contribution in [3.63, 3.8) is 0 Å². The van der Waals surface area contributed by atoms with Crippen LogP contribution < -0.4 is 13.7 Å². The van der Waals surface area contributed by atoms with Crippen molar-refractivity contribution in [2.75, 3.05) is 20.2 Å². The number of rotatable bonds is 6. The Morgan fingerprint density at radius 2 is 1.74 bits per heavy atom. The summed E-state index contributed by atoms with van der Waals surface area (Å²) in [5, 5.41) is 16.9. The molecule has 0 spiro atoms. The molecule has 0 atom stereocenters. The molecule has 0 unspecified atom stereocenters. The van der Waals surface area contributed by atoms with Crippen molar-refractivity contribution in [3.05, 3.63) is 59.8 Å². The molecular formula is C26H31N5O2Sn. The normalized spacial score (nSPS) is 14.4. The number of nitrogens with zero attached hydrogens (tertiary/aromatic N) is 4. The van der Waals surface area contributed by atoms with Gasteiger partial charge in [-0.1, -0.05) is 0 Å². The number of carbonyl (C=O) groups excluding carboxylic acids is 1. The van der Waals surface area contributed by atoms with Crippen molar-refractivity contribution in [2.24, 2.45) is 0 Å². The minimum atomic E-state index is -2.59. The average Bonchev–Trinajstić information content (AvgIpc) is 3.23. The number of methoxy groups -OCH3 is 1. The van der Waals surface area contributed by atoms with Gasteiger partial charge in [-0.2, -0.15) is 0 Å². The van der Waals surface area contributed by atoms with E-state index in [-0.39, 0.29) is 17.2 Å². The van der Waals surface area contributed by atoms with Crippen LogP contribution in [0.4, 0.5) is 0 Å². The second kappa shape index (κ2) is 10.2. The Kier molecular flexibility index (Phi) is 7.29. The van der Waals surface area contributed by atoms with Crippen LogP contribution in [0.2, 0.25) is 14.8 Å². The number of aromatic nitrogens is 2. The summed E-state index contributed by atoms with van der Waals surface area (Å²) < 4.78 is 8.68. The third kappa shape index (κ3) is 4.84. The van der Waals surface area contributed by atoms with Gasteiger partial charge in [-0.25, -0.2) is 0 Å². The van der Waals surface area contributed by atoms with E-state index in [2.05, 4.69) is 32.4 Å². The molecule has 1 fully saturated rings. The minimum absolute atomic E-state index is 0.132. The van der Waals surface area contributed by atoms with Crippen LogP contribution in [-0.2, 0) is 0 Å². The predicted octanol–water partition coefficient (Wildman–Crippen LogP) is 4.10. The molecule has 1 aliphatic heterocycles. The molecule has 0 radical (unpaired) electrons. The molecule has 0 aliphatic carbocycles. The standard InChI is InChI=1S/C23H22N5O2.3CH3.Sn/c1-30-20-13-7-6-12-18(20)22-19(16-24)21(23(29)26-27-14-8-3-9-15-27)25-28(22)17-10-4-2-5-11-17;;;;/h2,4-7,10,12-13H,3,8-9,14-15H2,1H3,(H,26,29);3*1H3;. The number of nitrogens with one attached hydrogen (secondary N) is 1. The summed E-state index contributed by atoms with van der Waals surface area (Å²) in [5.41, 5.74) is 5.58. The Balaban J connectivity index is 1.94. The molecule has 0 saturated carbocycles. The van der Waals surface area contributed by atoms with Gasteiger partial charge >= 0.3 is 206 Å². The van der Waals surface area contributed by atoms with E-state index < -0.39 is 18.4 Å². The van der Waals surface area contributed by atoms with Gasteiger partial charge in [0.05, 0.1) is 0 Å². The van der Waals surface area contributed by atoms with Gasteiger partial charge < -0.3 is 0 Å². The molecule has 176 valence electrons. The number of benzene rings is 2. The molecule has 8 heteroatoms. The third-order valence-corrected chi connectivity index (χ3v) is 11.9. The number of hydrogen-bond acceptors (Lipinski definition) is 5. The molecule has 3 aromatic rings. The third-order valence-electron chi connectivity index (χ3n) is 6.13. The SMILES string of the molecule is COc1ccccc1-c1c(C#N)c(C(=O)NN2CCCCC2)nn1-c1cccc[c]1[Sn]([CH3])([CH3])[CH3]. The summed E-state index contributed by atoms with van der Waals surface area (Å²) in [4.78, 5) is 20.4. The molecule has 34 heavy (non-hydrogen) atoms. The van der Waals surface area contributed by atoms with Crippen LogP contribution in [0, 0.1) is 11.3 Å². The summed E-state index contributed by atoms with van der Waals surface area (Å²) in [6.45, 7) is 1.60. The molecule has 1 N–H and O–H groups in total. The number of nitriles is 1. The van der Waals surface area contributed by atoms with E-state index in [1.54, 1.807) is 11.8 Å². The van der Waals surface area contributed by atoms with Crippen LogP contribution in [0.15, 0.2) is 48.5 Å². The number of piperidine rings is 1. The molecule has 1 aliphatic rings. The van der Waals surface area contributed by atoms with E-state index in [9.17, 15) is 10.1 Å². The quantitative estimate of drug-likeness (QED) is 0.457. The Bertz CT molecular complexity index is 1230. The van der Waals surface area contributed by atoms with Crippen LogP contribution in [-0.4, -0.2) is 59.3 Å². The number of ether oxygens (including phenoxy) is 1. The topological polar surface area (TPSA) is 83.2 Å². The second-order valence-corrected chi connectivity index (χ2v) is 23.9. The van der Waals surface area contributed by atoms with E-state index in [1.807, 2.05) is 47.5 Å². The zero-order valence-corrected chi connectivity index (χ0v) is 23.1. The Labute approximate surface area is 205 Å². The molecule has 1 amide bonds. The van der Waals surface area contributed by atoms with Crippen molar-refractivity contribution >= 4 is 27.9 Å². The summed E-state index contributed by atoms with van der Waals surface area (Å²) >= 11 is -2.59. The fraction of sp³-hybridized carbons (Fsp3) is 0.346. The van der Waals surface area contributed by atoms with Crippen molar-refractivity contribution in [3.8, 4) is 28.8 Å². The monoisotopic (exact) mass is 565 g/mol. The number of para-hydroxylation sites is 2. The maximum absolute atomic E-state index is 13.4. The molecule has 0 bridgehead atoms. The van der Waals surface area contributed by atoms with E-state index in [4.69, 9.17) is 9.84 Å². The van der Waals surface area contributed by atoms with Crippen molar-refractivity contribution in [1.29, 1.82) is 5.26 Å². The fourth-order valence-electron chi connectivity index (χ4n) is 4.44. The molecule has 4 rings (SSSR count). The molecule has 2 aromatic carbocycles. The van der Waals surface area contributed by atoms with Crippen molar-refractivity contribution < 1.29 is 9.53 Å². The van der Waals surface area contributed by atoms with Gasteiger partial charge in [0.1, 0.15) is 0 Å². The van der Waals surface area contributed by atoms with Crippen LogP contribution >= 0.6 is 0 Å². The van der Waals surface area contributed by atoms with Crippen LogP contribution in [0.25, 0.3) is 16.9 Å². The summed E-state index contributed by atoms with van der Waals surface area (Å²) in [6, 6.07) is 18.0. The molecule has 7 nitrogen and oxygen atoms in total. The molecule has 1 aromatic heterocycles. The summed E-state index contributed by atoms with van der Waals surface area (Å²) in [5.74, 6) is 0.269. The van der Waals surface area contributed by atoms with Gasteiger partial charge in [0, 0.05) is 0 Å². The van der Waals surface area contributed by atoms with Crippen molar-refractivity contribution in [1.82, 2.24) is 20.2 Å². The number of hydrogen-bond donors (Lipinski definition) is 1. The average molecular weight is 564 g/mol. The first-order valence-electron chi connectivity index (χ1n) is 11.7. The zero-order chi connectivity index (χ0) is 24.3. The van der Waals surface area contributed by atoms with Crippen molar-refractivity contribution in [2.45, 2.75) is 34.1 Å². The van der Waals surface area contributed by atoms with Gasteiger partial charge in [0.15, 0.2) is 0 Å². The number of amides is 1. The second-order valence-electron chi connectivity index (χ2n) is 9.55. The van der Waals surface area contributed by atoms with Crippen LogP contribution in [0.3, 0.4) is 0 Å². The van der Waals surface area contributed by atoms with Gasteiger partial charge in [-0.3, -0.25) is 0 Å². The Morgan fingerprint density at radius 1 is 1.06 bits per heavy atom. The van der Waals surface area contributed by atoms with E-state index in [0.29, 0.717) is 11.4 Å². The Hall–Kier alpha value is -2.83. The van der Waals surface area contributed by atoms with Gasteiger partial charge in [0.2, 0.25) is 0 Å². The zero-order valence-electron chi connectivity index (χ0n) is 20.3. The van der Waals surface area contributed by atoms with E-state index >= 15 is 0 Å². The fourth-order valence-corrected chi connectivity index (χ4v) is 8.88. The maximum atomic E-state index is 13.4. The first kappa shape index (κ1) is 24.3. The van der Waals surface area contributed by atoms with Gasteiger partial charge in [-0.15, -0.1) is 0 Å². The molecule has 1 saturated heterocycles. The van der Waals surface area contributed by atoms with Crippen LogP contribution in [0.5, 0.6) is 5.75 Å². The van der Waals surface area contributed by atoms with Gasteiger partial charge in [0.25, 0.3) is 0 Å². The number of hydrazine groups is 1. The molecule has 2 heterocycles. The van der Waals surface area contributed by atoms with Gasteiger partial charge in [-0.05, 0) is 0 Å². The first-order chi connectivity index (χ1) is 16.3. The van der Waals surface area contributed by atoms with E-state index in [1.165, 1.54) is 3.58 Å². The molecular weight excluding hydrogens is 533 g/mol. The predicted molar refractivity (Wildman–Crippen MR) is 136 cm³/mol. The van der Waals surface area contributed by atoms with Crippen LogP contribution in [0.1, 0.15) is 35.3 Å². The summed E-state index contributed by atoms with van der Waals surface area (Å²) in [6.07, 6.45) is 3.24.